The number of allylic oxidation sites excluding steroid dienone is 2. The summed E-state index contributed by atoms with van der Waals surface area (Å²) in [7, 11) is 1.58. The molecule has 4 unspecified atom stereocenters. The monoisotopic (exact) mass is 448 g/mol. The van der Waals surface area contributed by atoms with Gasteiger partial charge >= 0.3 is 0 Å². The highest BCUT2D eigenvalue weighted by Gasteiger charge is 2.65. The summed E-state index contributed by atoms with van der Waals surface area (Å²) < 4.78 is 5.23. The van der Waals surface area contributed by atoms with E-state index < -0.39 is 12.1 Å². The molecule has 0 spiro atoms. The number of ether oxygens (including phenoxy) is 1. The predicted molar refractivity (Wildman–Crippen MR) is 118 cm³/mol. The molecule has 3 fully saturated rings. The molecule has 2 heterocycles. The molecule has 6 atom stereocenters. The number of hydrogen-bond donors (Lipinski definition) is 0. The van der Waals surface area contributed by atoms with Crippen LogP contribution >= 0.6 is 11.6 Å². The smallest absolute Gasteiger partial charge is 0.253 e. The molecule has 2 bridgehead atoms. The topological polar surface area (TPSA) is 66.9 Å². The number of hydrogen-bond acceptors (Lipinski definition) is 4. The second kappa shape index (κ2) is 6.94. The first kappa shape index (κ1) is 19.6. The minimum atomic E-state index is -0.844. The van der Waals surface area contributed by atoms with Crippen LogP contribution in [-0.4, -0.2) is 35.8 Å². The highest BCUT2D eigenvalue weighted by Crippen LogP contribution is 2.55. The summed E-state index contributed by atoms with van der Waals surface area (Å²) in [6, 6.07) is 13.1. The van der Waals surface area contributed by atoms with E-state index in [0.717, 1.165) is 12.0 Å². The van der Waals surface area contributed by atoms with E-state index in [-0.39, 0.29) is 41.4 Å². The van der Waals surface area contributed by atoms with Crippen LogP contribution in [0.1, 0.15) is 18.0 Å². The molecule has 7 heteroatoms. The van der Waals surface area contributed by atoms with Gasteiger partial charge in [-0.3, -0.25) is 19.3 Å². The predicted octanol–water partition coefficient (Wildman–Crippen LogP) is 3.61. The second-order valence-corrected chi connectivity index (χ2v) is 9.33. The van der Waals surface area contributed by atoms with Crippen LogP contribution in [0.3, 0.4) is 0 Å². The SMILES string of the molecule is COc1ccc(N2C(=O)[C@H](N3C(=O)C4C5C=CC(C5)C4C3=O)[C@H]2c2ccc(Cl)cc2)cc1. The number of amides is 3. The minimum Gasteiger partial charge on any atom is -0.497 e. The summed E-state index contributed by atoms with van der Waals surface area (Å²) in [6.07, 6.45) is 4.98. The van der Waals surface area contributed by atoms with Crippen LogP contribution in [-0.2, 0) is 14.4 Å². The fraction of sp³-hybridized carbons (Fsp3) is 0.320. The van der Waals surface area contributed by atoms with E-state index in [1.165, 1.54) is 4.90 Å². The van der Waals surface area contributed by atoms with Gasteiger partial charge in [-0.15, -0.1) is 0 Å². The molecule has 6 nitrogen and oxygen atoms in total. The number of likely N-dealkylation sites (tertiary alicyclic amines) is 1. The van der Waals surface area contributed by atoms with E-state index in [1.807, 2.05) is 24.3 Å². The number of β-lactam (4-membered cyclic amide) rings is 1. The summed E-state index contributed by atoms with van der Waals surface area (Å²) in [5.74, 6) is -0.426. The third-order valence-corrected chi connectivity index (χ3v) is 7.66. The number of carbonyl (C=O) groups is 3. The molecule has 32 heavy (non-hydrogen) atoms. The van der Waals surface area contributed by atoms with Gasteiger partial charge in [-0.1, -0.05) is 35.9 Å². The summed E-state index contributed by atoms with van der Waals surface area (Å²) in [6.45, 7) is 0. The van der Waals surface area contributed by atoms with Crippen LogP contribution in [0, 0.1) is 23.7 Å². The molecule has 1 saturated carbocycles. The maximum atomic E-state index is 13.5. The van der Waals surface area contributed by atoms with Crippen molar-refractivity contribution < 1.29 is 19.1 Å². The van der Waals surface area contributed by atoms with E-state index in [0.29, 0.717) is 16.5 Å². The first-order valence-electron chi connectivity index (χ1n) is 10.8. The van der Waals surface area contributed by atoms with Crippen molar-refractivity contribution in [3.63, 3.8) is 0 Å². The molecule has 0 aromatic heterocycles. The molecule has 0 radical (unpaired) electrons. The normalized spacial score (nSPS) is 32.5. The summed E-state index contributed by atoms with van der Waals surface area (Å²) in [5.41, 5.74) is 1.52. The molecule has 0 N–H and O–H groups in total. The molecule has 2 saturated heterocycles. The molecule has 2 aromatic rings. The second-order valence-electron chi connectivity index (χ2n) is 8.89. The largest absolute Gasteiger partial charge is 0.497 e. The Bertz CT molecular complexity index is 1130. The van der Waals surface area contributed by atoms with Crippen molar-refractivity contribution in [3.05, 3.63) is 71.3 Å². The zero-order chi connectivity index (χ0) is 22.1. The average molecular weight is 449 g/mol. The maximum Gasteiger partial charge on any atom is 0.253 e. The van der Waals surface area contributed by atoms with Crippen molar-refractivity contribution in [2.45, 2.75) is 18.5 Å². The molecule has 4 aliphatic rings. The van der Waals surface area contributed by atoms with Gasteiger partial charge in [0.25, 0.3) is 5.91 Å². The van der Waals surface area contributed by atoms with E-state index >= 15 is 0 Å². The number of anilines is 1. The van der Waals surface area contributed by atoms with E-state index in [1.54, 1.807) is 36.3 Å². The van der Waals surface area contributed by atoms with Crippen LogP contribution in [0.2, 0.25) is 5.02 Å². The van der Waals surface area contributed by atoms with Crippen molar-refractivity contribution in [2.24, 2.45) is 23.7 Å². The average Bonchev–Trinajstić information content (AvgIpc) is 3.49. The Balaban J connectivity index is 1.39. The van der Waals surface area contributed by atoms with Gasteiger partial charge in [-0.05, 0) is 60.2 Å². The fourth-order valence-electron chi connectivity index (χ4n) is 5.95. The Kier molecular flexibility index (Phi) is 4.24. The number of methoxy groups -OCH3 is 1. The van der Waals surface area contributed by atoms with Gasteiger partial charge in [-0.25, -0.2) is 0 Å². The van der Waals surface area contributed by atoms with E-state index in [2.05, 4.69) is 12.2 Å². The van der Waals surface area contributed by atoms with Crippen molar-refractivity contribution in [1.82, 2.24) is 4.90 Å². The highest BCUT2D eigenvalue weighted by atomic mass is 35.5. The molecule has 6 rings (SSSR count). The molecule has 2 aliphatic heterocycles. The van der Waals surface area contributed by atoms with Crippen LogP contribution in [0.4, 0.5) is 5.69 Å². The fourth-order valence-corrected chi connectivity index (χ4v) is 6.07. The maximum absolute atomic E-state index is 13.5. The molecule has 2 aliphatic carbocycles. The number of fused-ring (bicyclic) bond motifs is 5. The minimum absolute atomic E-state index is 0.105. The molecule has 162 valence electrons. The van der Waals surface area contributed by atoms with Gasteiger partial charge in [0.15, 0.2) is 0 Å². The molecule has 2 aromatic carbocycles. The number of benzene rings is 2. The van der Waals surface area contributed by atoms with Gasteiger partial charge in [0, 0.05) is 10.7 Å². The van der Waals surface area contributed by atoms with Crippen molar-refractivity contribution >= 4 is 35.0 Å². The number of nitrogens with zero attached hydrogens (tertiary/aromatic N) is 2. The lowest BCUT2D eigenvalue weighted by atomic mass is 9.85. The third kappa shape index (κ3) is 2.56. The number of halogens is 1. The first-order valence-corrected chi connectivity index (χ1v) is 11.1. The molecular formula is C25H21ClN2O4. The van der Waals surface area contributed by atoms with Crippen LogP contribution < -0.4 is 9.64 Å². The third-order valence-electron chi connectivity index (χ3n) is 7.41. The molecular weight excluding hydrogens is 428 g/mol. The lowest BCUT2D eigenvalue weighted by molar-refractivity contribution is -0.153. The number of rotatable bonds is 4. The van der Waals surface area contributed by atoms with Crippen molar-refractivity contribution in [1.29, 1.82) is 0 Å². The van der Waals surface area contributed by atoms with Gasteiger partial charge in [0.2, 0.25) is 11.8 Å². The summed E-state index contributed by atoms with van der Waals surface area (Å²) >= 11 is 6.09. The Morgan fingerprint density at radius 1 is 0.781 bits per heavy atom. The zero-order valence-corrected chi connectivity index (χ0v) is 18.1. The van der Waals surface area contributed by atoms with Gasteiger partial charge in [0.05, 0.1) is 25.0 Å². The van der Waals surface area contributed by atoms with Gasteiger partial charge < -0.3 is 9.64 Å². The van der Waals surface area contributed by atoms with Crippen LogP contribution in [0.15, 0.2) is 60.7 Å². The standard InChI is InChI=1S/C25H21ClN2O4/c1-32-18-10-8-17(9-11-18)27-21(13-4-6-16(26)7-5-13)22(25(27)31)28-23(29)19-14-2-3-15(12-14)20(19)24(28)30/h2-11,14-15,19-22H,12H2,1H3/t14?,15?,19?,20?,21-,22-/m1/s1. The quantitative estimate of drug-likeness (QED) is 0.407. The van der Waals surface area contributed by atoms with Gasteiger partial charge in [-0.2, -0.15) is 0 Å². The van der Waals surface area contributed by atoms with Crippen LogP contribution in [0.25, 0.3) is 0 Å². The van der Waals surface area contributed by atoms with Crippen LogP contribution in [0.5, 0.6) is 5.75 Å². The lowest BCUT2D eigenvalue weighted by Gasteiger charge is -2.50. The van der Waals surface area contributed by atoms with Crippen molar-refractivity contribution in [3.8, 4) is 5.75 Å². The summed E-state index contributed by atoms with van der Waals surface area (Å²) in [4.78, 5) is 43.1. The Hall–Kier alpha value is -3.12. The lowest BCUT2D eigenvalue weighted by Crippen LogP contribution is -2.67. The molecule has 3 amide bonds. The van der Waals surface area contributed by atoms with E-state index in [4.69, 9.17) is 16.3 Å². The zero-order valence-electron chi connectivity index (χ0n) is 17.4. The number of carbonyl (C=O) groups excluding carboxylic acids is 3. The number of imide groups is 1. The Morgan fingerprint density at radius 3 is 1.94 bits per heavy atom. The summed E-state index contributed by atoms with van der Waals surface area (Å²) in [5, 5.41) is 0.581. The first-order chi connectivity index (χ1) is 15.5. The Morgan fingerprint density at radius 2 is 1.38 bits per heavy atom. The van der Waals surface area contributed by atoms with Crippen molar-refractivity contribution in [2.75, 3.05) is 12.0 Å². The highest BCUT2D eigenvalue weighted by molar-refractivity contribution is 6.30. The van der Waals surface area contributed by atoms with Gasteiger partial charge in [0.1, 0.15) is 11.8 Å². The van der Waals surface area contributed by atoms with E-state index in [9.17, 15) is 14.4 Å². The Labute approximate surface area is 190 Å².